The third-order valence-corrected chi connectivity index (χ3v) is 14.3. The molecule has 0 aromatic carbocycles. The van der Waals surface area contributed by atoms with E-state index in [1.54, 1.807) is 7.05 Å². The summed E-state index contributed by atoms with van der Waals surface area (Å²) < 4.78 is 53.8. The van der Waals surface area contributed by atoms with Crippen LogP contribution in [0.1, 0.15) is 82.9 Å². The number of nitrogen functional groups attached to an aromatic ring is 1. The smallest absolute Gasteiger partial charge is 0.390 e. The first kappa shape index (κ1) is 49.7. The van der Waals surface area contributed by atoms with E-state index in [0.29, 0.717) is 41.7 Å². The maximum Gasteiger partial charge on any atom is 0.490 e. The SMILES string of the molecule is CNC(=O)CCCCCCC(=O)C(CSSCCC(=O)CCC#Cc1cn(C2CC(O)C(COP(=O)(O)OP(=O)(O)OP(=O)(O)O)O2)c2ncnc(N)c12)NC(C)=O. The molecule has 27 heteroatoms. The van der Waals surface area contributed by atoms with Gasteiger partial charge in [0.15, 0.2) is 5.78 Å². The molecule has 1 aliphatic rings. The van der Waals surface area contributed by atoms with Gasteiger partial charge in [-0.1, -0.05) is 46.3 Å². The zero-order valence-electron chi connectivity index (χ0n) is 31.5. The van der Waals surface area contributed by atoms with Crippen LogP contribution < -0.4 is 16.4 Å². The third kappa shape index (κ3) is 17.5. The Kier molecular flexibility index (Phi) is 20.0. The highest BCUT2D eigenvalue weighted by atomic mass is 33.1. The number of ketones is 2. The molecule has 3 heterocycles. The van der Waals surface area contributed by atoms with Gasteiger partial charge >= 0.3 is 23.5 Å². The number of hydrogen-bond acceptors (Lipinski definition) is 17. The van der Waals surface area contributed by atoms with Gasteiger partial charge in [-0.25, -0.2) is 23.7 Å². The highest BCUT2D eigenvalue weighted by molar-refractivity contribution is 8.76. The lowest BCUT2D eigenvalue weighted by Gasteiger charge is -2.19. The van der Waals surface area contributed by atoms with Crippen molar-refractivity contribution in [2.24, 2.45) is 0 Å². The molecule has 1 fully saturated rings. The number of hydrogen-bond donors (Lipinski definition) is 8. The molecule has 1 saturated heterocycles. The monoisotopic (exact) mass is 916 g/mol. The minimum Gasteiger partial charge on any atom is -0.390 e. The summed E-state index contributed by atoms with van der Waals surface area (Å²) in [6, 6.07) is -0.636. The molecule has 6 unspecified atom stereocenters. The minimum atomic E-state index is -5.74. The van der Waals surface area contributed by atoms with Gasteiger partial charge in [-0.05, 0) is 12.8 Å². The molecule has 9 N–H and O–H groups in total. The Labute approximate surface area is 341 Å². The number of nitrogens with one attached hydrogen (secondary N) is 2. The van der Waals surface area contributed by atoms with Crippen molar-refractivity contribution in [2.45, 2.75) is 95.6 Å². The number of aliphatic hydroxyl groups is 1. The van der Waals surface area contributed by atoms with Gasteiger partial charge in [-0.15, -0.1) is 0 Å². The number of anilines is 1. The predicted molar refractivity (Wildman–Crippen MR) is 211 cm³/mol. The van der Waals surface area contributed by atoms with Gasteiger partial charge in [0.25, 0.3) is 0 Å². The van der Waals surface area contributed by atoms with Gasteiger partial charge in [-0.2, -0.15) is 8.62 Å². The molecule has 58 heavy (non-hydrogen) atoms. The first-order chi connectivity index (χ1) is 27.2. The van der Waals surface area contributed by atoms with Crippen molar-refractivity contribution in [3.8, 4) is 11.8 Å². The van der Waals surface area contributed by atoms with Crippen LogP contribution in [0.5, 0.6) is 0 Å². The van der Waals surface area contributed by atoms with Gasteiger partial charge < -0.3 is 50.4 Å². The second-order valence-corrected chi connectivity index (χ2v) is 19.8. The number of carbonyl (C=O) groups is 4. The zero-order valence-corrected chi connectivity index (χ0v) is 35.8. The molecule has 0 spiro atoms. The predicted octanol–water partition coefficient (Wildman–Crippen LogP) is 2.64. The van der Waals surface area contributed by atoms with E-state index in [1.165, 1.54) is 45.6 Å². The lowest BCUT2D eigenvalue weighted by Crippen LogP contribution is -2.41. The van der Waals surface area contributed by atoms with Crippen LogP contribution in [0.25, 0.3) is 11.0 Å². The lowest BCUT2D eigenvalue weighted by atomic mass is 10.0. The molecule has 2 aromatic heterocycles. The van der Waals surface area contributed by atoms with Crippen molar-refractivity contribution < 1.29 is 75.4 Å². The fourth-order valence-electron chi connectivity index (χ4n) is 5.44. The van der Waals surface area contributed by atoms with Gasteiger partial charge in [0.1, 0.15) is 35.9 Å². The molecular weight excluding hydrogens is 869 g/mol. The molecule has 6 atom stereocenters. The third-order valence-electron chi connectivity index (χ3n) is 8.13. The summed E-state index contributed by atoms with van der Waals surface area (Å²) in [5, 5.41) is 16.2. The normalized spacial score (nSPS) is 19.4. The van der Waals surface area contributed by atoms with Crippen molar-refractivity contribution in [1.29, 1.82) is 0 Å². The molecule has 3 rings (SSSR count). The number of Topliss-reactive ketones (excluding diaryl/α,β-unsaturated/α-hetero) is 2. The highest BCUT2D eigenvalue weighted by Crippen LogP contribution is 2.66. The molecule has 22 nitrogen and oxygen atoms in total. The Bertz CT molecular complexity index is 1970. The van der Waals surface area contributed by atoms with E-state index in [4.69, 9.17) is 20.3 Å². The summed E-state index contributed by atoms with van der Waals surface area (Å²) in [6.07, 6.45) is 3.54. The average molecular weight is 917 g/mol. The number of fused-ring (bicyclic) bond motifs is 1. The summed E-state index contributed by atoms with van der Waals surface area (Å²) in [7, 11) is -12.4. The van der Waals surface area contributed by atoms with E-state index in [-0.39, 0.29) is 60.5 Å². The Morgan fingerprint density at radius 3 is 2.40 bits per heavy atom. The van der Waals surface area contributed by atoms with Crippen LogP contribution in [0.4, 0.5) is 5.82 Å². The van der Waals surface area contributed by atoms with Crippen LogP contribution in [-0.2, 0) is 50.8 Å². The van der Waals surface area contributed by atoms with Crippen LogP contribution in [0.2, 0.25) is 0 Å². The van der Waals surface area contributed by atoms with Crippen molar-refractivity contribution in [3.63, 3.8) is 0 Å². The standard InChI is InChI=1S/C31H47N6O16P3S2/c1-20(38)36-23(24(40)11-5-3-4-6-12-27(42)33-2)18-58-57-14-13-22(39)10-8-7-9-21-16-37(31-29(21)30(32)34-19-35-31)28-15-25(41)26(51-28)17-50-55(46,47)53-56(48,49)52-54(43,44)45/h16,19,23,25-26,28,41H,3-6,8,10-15,17-18H2,1-2H3,(H,33,42)(H,36,38)(H,46,47)(H,48,49)(H2,32,34,35)(H2,43,44,45). The number of aromatic nitrogens is 3. The summed E-state index contributed by atoms with van der Waals surface area (Å²) in [5.41, 5.74) is 6.77. The molecular formula is C31H47N6O16P3S2. The number of ether oxygens (including phenoxy) is 1. The van der Waals surface area contributed by atoms with Crippen LogP contribution in [0.15, 0.2) is 12.5 Å². The molecule has 0 radical (unpaired) electrons. The lowest BCUT2D eigenvalue weighted by molar-refractivity contribution is -0.126. The number of phosphoric acid groups is 3. The maximum atomic E-state index is 12.7. The van der Waals surface area contributed by atoms with Crippen molar-refractivity contribution in [3.05, 3.63) is 18.1 Å². The fraction of sp³-hybridized carbons (Fsp3) is 0.613. The number of nitrogens with two attached hydrogens (primary N) is 1. The quantitative estimate of drug-likeness (QED) is 0.0307. The molecule has 324 valence electrons. The van der Waals surface area contributed by atoms with Crippen LogP contribution in [0, 0.1) is 11.8 Å². The van der Waals surface area contributed by atoms with E-state index in [9.17, 15) is 47.8 Å². The molecule has 2 amide bonds. The topological polar surface area (TPSA) is 338 Å². The number of unbranched alkanes of at least 4 members (excludes halogenated alkanes) is 3. The van der Waals surface area contributed by atoms with Crippen LogP contribution >= 0.6 is 45.1 Å². The van der Waals surface area contributed by atoms with Crippen LogP contribution in [0.3, 0.4) is 0 Å². The first-order valence-electron chi connectivity index (χ1n) is 17.7. The van der Waals surface area contributed by atoms with Crippen molar-refractivity contribution in [2.75, 3.05) is 30.9 Å². The molecule has 1 aliphatic heterocycles. The second kappa shape index (κ2) is 23.3. The van der Waals surface area contributed by atoms with Gasteiger partial charge in [0.2, 0.25) is 11.8 Å². The van der Waals surface area contributed by atoms with Crippen LogP contribution in [-0.4, -0.2) is 106 Å². The summed E-state index contributed by atoms with van der Waals surface area (Å²) in [5.74, 6) is 6.40. The number of rotatable bonds is 25. The second-order valence-electron chi connectivity index (χ2n) is 12.7. The van der Waals surface area contributed by atoms with E-state index in [1.807, 2.05) is 0 Å². The number of nitrogens with zero attached hydrogens (tertiary/aromatic N) is 3. The number of phosphoric ester groups is 1. The van der Waals surface area contributed by atoms with Crippen molar-refractivity contribution in [1.82, 2.24) is 25.2 Å². The number of aliphatic hydroxyl groups excluding tert-OH is 1. The maximum absolute atomic E-state index is 12.7. The highest BCUT2D eigenvalue weighted by Gasteiger charge is 2.43. The Hall–Kier alpha value is -2.71. The number of amides is 2. The molecule has 0 saturated carbocycles. The van der Waals surface area contributed by atoms with E-state index >= 15 is 0 Å². The average Bonchev–Trinajstić information content (AvgIpc) is 3.68. The largest absolute Gasteiger partial charge is 0.490 e. The Morgan fingerprint density at radius 1 is 1.02 bits per heavy atom. The first-order valence-corrected chi connectivity index (χ1v) is 24.7. The molecule has 2 aromatic rings. The molecule has 0 aliphatic carbocycles. The van der Waals surface area contributed by atoms with E-state index < -0.39 is 54.6 Å². The van der Waals surface area contributed by atoms with Gasteiger partial charge in [0, 0.05) is 70.2 Å². The summed E-state index contributed by atoms with van der Waals surface area (Å²) >= 11 is 0. The van der Waals surface area contributed by atoms with Gasteiger partial charge in [0.05, 0.1) is 29.7 Å². The van der Waals surface area contributed by atoms with E-state index in [0.717, 1.165) is 19.3 Å². The Morgan fingerprint density at radius 2 is 1.72 bits per heavy atom. The summed E-state index contributed by atoms with van der Waals surface area (Å²) in [4.78, 5) is 93.0. The van der Waals surface area contributed by atoms with E-state index in [2.05, 4.69) is 45.6 Å². The fourth-order valence-corrected chi connectivity index (χ4v) is 10.7. The zero-order chi connectivity index (χ0) is 43.1. The van der Waals surface area contributed by atoms with Crippen molar-refractivity contribution >= 4 is 85.3 Å². The minimum absolute atomic E-state index is 0.0166. The van der Waals surface area contributed by atoms with Gasteiger partial charge in [-0.3, -0.25) is 23.7 Å². The summed E-state index contributed by atoms with van der Waals surface area (Å²) in [6.45, 7) is 0.487. The number of carbonyl (C=O) groups excluding carboxylic acids is 4. The molecule has 0 bridgehead atoms. The Balaban J connectivity index is 1.48.